The van der Waals surface area contributed by atoms with Gasteiger partial charge in [-0.1, -0.05) is 12.1 Å². The minimum atomic E-state index is -5.04. The van der Waals surface area contributed by atoms with E-state index in [1.165, 1.54) is 19.2 Å². The third kappa shape index (κ3) is 4.74. The highest BCUT2D eigenvalue weighted by Crippen LogP contribution is 2.36. The second kappa shape index (κ2) is 6.97. The molecule has 0 bridgehead atoms. The Balaban J connectivity index is 2.36. The van der Waals surface area contributed by atoms with E-state index in [9.17, 15) is 35.5 Å². The summed E-state index contributed by atoms with van der Waals surface area (Å²) in [5.74, 6) is -1.54. The molecule has 0 fully saturated rings. The Bertz CT molecular complexity index is 762. The smallest absolute Gasteiger partial charge is 0.337 e. The van der Waals surface area contributed by atoms with Crippen LogP contribution in [0.3, 0.4) is 0 Å². The van der Waals surface area contributed by atoms with Gasteiger partial charge in [-0.3, -0.25) is 4.79 Å². The Labute approximate surface area is 143 Å². The van der Waals surface area contributed by atoms with Crippen molar-refractivity contribution in [3.63, 3.8) is 0 Å². The normalized spacial score (nSPS) is 12.2. The second-order valence-electron chi connectivity index (χ2n) is 5.58. The van der Waals surface area contributed by atoms with Crippen LogP contribution in [0.4, 0.5) is 30.7 Å². The van der Waals surface area contributed by atoms with Crippen LogP contribution in [0.15, 0.2) is 42.5 Å². The van der Waals surface area contributed by atoms with Gasteiger partial charge in [-0.15, -0.1) is 0 Å². The molecule has 9 heteroatoms. The van der Waals surface area contributed by atoms with Gasteiger partial charge in [-0.25, -0.2) is 4.39 Å². The van der Waals surface area contributed by atoms with Crippen molar-refractivity contribution in [2.45, 2.75) is 18.9 Å². The number of rotatable bonds is 3. The Morgan fingerprint density at radius 1 is 0.885 bits per heavy atom. The first-order valence-corrected chi connectivity index (χ1v) is 7.17. The van der Waals surface area contributed by atoms with E-state index < -0.39 is 40.8 Å². The molecule has 0 radical (unpaired) electrons. The predicted octanol–water partition coefficient (Wildman–Crippen LogP) is 5.14. The molecule has 0 heterocycles. The Morgan fingerprint density at radius 3 is 1.77 bits per heavy atom. The highest BCUT2D eigenvalue weighted by atomic mass is 19.4. The van der Waals surface area contributed by atoms with Gasteiger partial charge in [-0.2, -0.15) is 26.3 Å². The quantitative estimate of drug-likeness (QED) is 0.677. The lowest BCUT2D eigenvalue weighted by Crippen LogP contribution is -2.27. The Kier molecular flexibility index (Phi) is 5.29. The van der Waals surface area contributed by atoms with Gasteiger partial charge in [-0.05, 0) is 35.9 Å². The van der Waals surface area contributed by atoms with Crippen LogP contribution in [0, 0.1) is 5.82 Å². The van der Waals surface area contributed by atoms with E-state index >= 15 is 0 Å². The topological polar surface area (TPSA) is 20.3 Å². The third-order valence-electron chi connectivity index (χ3n) is 3.51. The van der Waals surface area contributed by atoms with Crippen molar-refractivity contribution in [3.05, 3.63) is 70.5 Å². The molecule has 0 aliphatic rings. The number of halogens is 7. The van der Waals surface area contributed by atoms with Gasteiger partial charge in [0.05, 0.1) is 11.1 Å². The van der Waals surface area contributed by atoms with E-state index in [0.29, 0.717) is 17.7 Å². The van der Waals surface area contributed by atoms with Crippen LogP contribution in [-0.4, -0.2) is 17.9 Å². The third-order valence-corrected chi connectivity index (χ3v) is 3.51. The molecule has 0 saturated carbocycles. The standard InChI is InChI=1S/C17H12F7NO/c1-25(9-10-2-4-14(18)5-3-10)15(26)11-6-12(16(19,20)21)8-13(7-11)17(22,23)24/h2-8H,9H2,1H3. The van der Waals surface area contributed by atoms with E-state index in [1.54, 1.807) is 0 Å². The zero-order valence-corrected chi connectivity index (χ0v) is 13.2. The molecule has 0 aliphatic heterocycles. The van der Waals surface area contributed by atoms with E-state index in [-0.39, 0.29) is 12.6 Å². The van der Waals surface area contributed by atoms with Crippen molar-refractivity contribution in [1.82, 2.24) is 4.90 Å². The van der Waals surface area contributed by atoms with Crippen molar-refractivity contribution in [2.75, 3.05) is 7.05 Å². The maximum absolute atomic E-state index is 12.9. The van der Waals surface area contributed by atoms with Crippen molar-refractivity contribution in [3.8, 4) is 0 Å². The summed E-state index contributed by atoms with van der Waals surface area (Å²) in [6, 6.07) is 5.66. The maximum Gasteiger partial charge on any atom is 0.416 e. The summed E-state index contributed by atoms with van der Waals surface area (Å²) in [6.07, 6.45) is -10.1. The lowest BCUT2D eigenvalue weighted by Gasteiger charge is -2.19. The molecule has 2 rings (SSSR count). The zero-order valence-electron chi connectivity index (χ0n) is 13.2. The van der Waals surface area contributed by atoms with Gasteiger partial charge in [0.15, 0.2) is 0 Å². The van der Waals surface area contributed by atoms with Crippen molar-refractivity contribution >= 4 is 5.91 Å². The van der Waals surface area contributed by atoms with Crippen LogP contribution in [0.25, 0.3) is 0 Å². The highest BCUT2D eigenvalue weighted by molar-refractivity contribution is 5.94. The van der Waals surface area contributed by atoms with Crippen molar-refractivity contribution < 1.29 is 35.5 Å². The molecule has 2 nitrogen and oxygen atoms in total. The number of benzene rings is 2. The van der Waals surface area contributed by atoms with Crippen molar-refractivity contribution in [2.24, 2.45) is 0 Å². The molecule has 0 unspecified atom stereocenters. The van der Waals surface area contributed by atoms with E-state index in [0.717, 1.165) is 17.0 Å². The Hall–Kier alpha value is -2.58. The number of hydrogen-bond donors (Lipinski definition) is 0. The van der Waals surface area contributed by atoms with Crippen LogP contribution in [0.5, 0.6) is 0 Å². The molecule has 1 amide bonds. The zero-order chi connectivity index (χ0) is 19.7. The first-order chi connectivity index (χ1) is 11.9. The van der Waals surface area contributed by atoms with Crippen LogP contribution in [0.2, 0.25) is 0 Å². The molecule has 140 valence electrons. The maximum atomic E-state index is 12.9. The number of nitrogens with zero attached hydrogens (tertiary/aromatic N) is 1. The summed E-state index contributed by atoms with van der Waals surface area (Å²) in [5, 5.41) is 0. The fourth-order valence-electron chi connectivity index (χ4n) is 2.23. The average molecular weight is 379 g/mol. The summed E-state index contributed by atoms with van der Waals surface area (Å²) in [7, 11) is 1.22. The minimum Gasteiger partial charge on any atom is -0.337 e. The molecule has 0 saturated heterocycles. The minimum absolute atomic E-state index is 0.0449. The van der Waals surface area contributed by atoms with Crippen LogP contribution >= 0.6 is 0 Å². The second-order valence-corrected chi connectivity index (χ2v) is 5.58. The first-order valence-electron chi connectivity index (χ1n) is 7.17. The number of hydrogen-bond acceptors (Lipinski definition) is 1. The summed E-state index contributed by atoms with van der Waals surface area (Å²) in [4.78, 5) is 13.2. The van der Waals surface area contributed by atoms with Gasteiger partial charge in [0.2, 0.25) is 0 Å². The molecule has 0 aromatic heterocycles. The van der Waals surface area contributed by atoms with E-state index in [1.807, 2.05) is 0 Å². The lowest BCUT2D eigenvalue weighted by atomic mass is 10.0. The van der Waals surface area contributed by atoms with Crippen LogP contribution < -0.4 is 0 Å². The van der Waals surface area contributed by atoms with Gasteiger partial charge in [0, 0.05) is 19.2 Å². The predicted molar refractivity (Wildman–Crippen MR) is 78.6 cm³/mol. The molecular weight excluding hydrogens is 367 g/mol. The SMILES string of the molecule is CN(Cc1ccc(F)cc1)C(=O)c1cc(C(F)(F)F)cc(C(F)(F)F)c1. The monoisotopic (exact) mass is 379 g/mol. The van der Waals surface area contributed by atoms with Crippen LogP contribution in [0.1, 0.15) is 27.0 Å². The van der Waals surface area contributed by atoms with Gasteiger partial charge in [0.25, 0.3) is 5.91 Å². The van der Waals surface area contributed by atoms with Crippen LogP contribution in [-0.2, 0) is 18.9 Å². The fraction of sp³-hybridized carbons (Fsp3) is 0.235. The number of amides is 1. The molecule has 2 aromatic rings. The molecular formula is C17H12F7NO. The number of carbonyl (C=O) groups excluding carboxylic acids is 1. The molecule has 2 aromatic carbocycles. The summed E-state index contributed by atoms with van der Waals surface area (Å²) in [6.45, 7) is -0.114. The average Bonchev–Trinajstić information content (AvgIpc) is 2.54. The summed E-state index contributed by atoms with van der Waals surface area (Å²) in [5.41, 5.74) is -3.40. The van der Waals surface area contributed by atoms with Gasteiger partial charge >= 0.3 is 12.4 Å². The molecule has 0 N–H and O–H groups in total. The van der Waals surface area contributed by atoms with Crippen molar-refractivity contribution in [1.29, 1.82) is 0 Å². The molecule has 0 atom stereocenters. The first kappa shape index (κ1) is 19.7. The molecule has 0 spiro atoms. The largest absolute Gasteiger partial charge is 0.416 e. The molecule has 0 aliphatic carbocycles. The Morgan fingerprint density at radius 2 is 1.35 bits per heavy atom. The summed E-state index contributed by atoms with van der Waals surface area (Å²) >= 11 is 0. The van der Waals surface area contributed by atoms with Gasteiger partial charge in [0.1, 0.15) is 5.82 Å². The van der Waals surface area contributed by atoms with Gasteiger partial charge < -0.3 is 4.90 Å². The van der Waals surface area contributed by atoms with E-state index in [4.69, 9.17) is 0 Å². The fourth-order valence-corrected chi connectivity index (χ4v) is 2.23. The summed E-state index contributed by atoms with van der Waals surface area (Å²) < 4.78 is 90.0. The lowest BCUT2D eigenvalue weighted by molar-refractivity contribution is -0.143. The van der Waals surface area contributed by atoms with E-state index in [2.05, 4.69) is 0 Å². The molecule has 26 heavy (non-hydrogen) atoms. The number of carbonyl (C=O) groups is 1. The highest BCUT2D eigenvalue weighted by Gasteiger charge is 2.37. The number of alkyl halides is 6.